The van der Waals surface area contributed by atoms with E-state index in [0.717, 1.165) is 24.6 Å². The molecule has 0 radical (unpaired) electrons. The Balaban J connectivity index is 1.66. The lowest BCUT2D eigenvalue weighted by atomic mass is 9.84. The van der Waals surface area contributed by atoms with Crippen molar-refractivity contribution in [2.45, 2.75) is 35.4 Å². The Hall–Kier alpha value is -0.520. The topological polar surface area (TPSA) is 30.5 Å². The monoisotopic (exact) mass is 325 g/mol. The molecule has 1 aromatic carbocycles. The van der Waals surface area contributed by atoms with E-state index in [1.54, 1.807) is 11.8 Å². The molecule has 1 aromatic rings. The number of benzene rings is 1. The van der Waals surface area contributed by atoms with E-state index in [9.17, 15) is 0 Å². The fraction of sp³-hybridized carbons (Fsp3) is 0.625. The summed E-state index contributed by atoms with van der Waals surface area (Å²) in [6, 6.07) is 4.25. The van der Waals surface area contributed by atoms with Gasteiger partial charge in [-0.25, -0.2) is 0 Å². The molecular formula is C16H23NO2S2. The van der Waals surface area contributed by atoms with E-state index >= 15 is 0 Å². The molecule has 3 nitrogen and oxygen atoms in total. The summed E-state index contributed by atoms with van der Waals surface area (Å²) in [5, 5.41) is 3.65. The van der Waals surface area contributed by atoms with E-state index in [1.165, 1.54) is 29.7 Å². The van der Waals surface area contributed by atoms with Crippen LogP contribution in [0.25, 0.3) is 0 Å². The van der Waals surface area contributed by atoms with E-state index in [-0.39, 0.29) is 0 Å². The van der Waals surface area contributed by atoms with Gasteiger partial charge in [0.25, 0.3) is 0 Å². The van der Waals surface area contributed by atoms with Gasteiger partial charge in [0.2, 0.25) is 0 Å². The molecule has 1 fully saturated rings. The molecular weight excluding hydrogens is 302 g/mol. The first-order valence-corrected chi connectivity index (χ1v) is 9.94. The van der Waals surface area contributed by atoms with Crippen LogP contribution in [-0.2, 0) is 6.54 Å². The molecule has 0 amide bonds. The summed E-state index contributed by atoms with van der Waals surface area (Å²) in [6.45, 7) is 3.29. The number of ether oxygens (including phenoxy) is 2. The number of hydrogen-bond acceptors (Lipinski definition) is 5. The van der Waals surface area contributed by atoms with Gasteiger partial charge in [-0.2, -0.15) is 11.8 Å². The summed E-state index contributed by atoms with van der Waals surface area (Å²) in [6.07, 6.45) is 8.42. The van der Waals surface area contributed by atoms with Crippen LogP contribution in [-0.4, -0.2) is 37.0 Å². The maximum Gasteiger partial charge on any atom is 0.162 e. The van der Waals surface area contributed by atoms with Crippen molar-refractivity contribution < 1.29 is 9.47 Å². The van der Waals surface area contributed by atoms with Gasteiger partial charge in [-0.05, 0) is 43.0 Å². The van der Waals surface area contributed by atoms with Gasteiger partial charge in [0.15, 0.2) is 11.5 Å². The quantitative estimate of drug-likeness (QED) is 0.808. The van der Waals surface area contributed by atoms with E-state index in [2.05, 4.69) is 30.0 Å². The van der Waals surface area contributed by atoms with Crippen LogP contribution < -0.4 is 14.8 Å². The first-order valence-electron chi connectivity index (χ1n) is 7.49. The summed E-state index contributed by atoms with van der Waals surface area (Å²) >= 11 is 3.79. The Morgan fingerprint density at radius 3 is 2.43 bits per heavy atom. The minimum absolute atomic E-state index is 0.480. The standard InChI is InChI=1S/C16H23NO2S2/c1-20-15-9-14-13(18-6-7-19-14)8-12(15)10-17-11-16(21-2)4-3-5-16/h8-9,17H,3-7,10-11H2,1-2H3. The van der Waals surface area contributed by atoms with E-state index in [1.807, 2.05) is 11.8 Å². The van der Waals surface area contributed by atoms with Crippen LogP contribution in [0.3, 0.4) is 0 Å². The van der Waals surface area contributed by atoms with Crippen LogP contribution in [0.15, 0.2) is 17.0 Å². The third kappa shape index (κ3) is 3.30. The molecule has 1 aliphatic carbocycles. The maximum absolute atomic E-state index is 5.70. The van der Waals surface area contributed by atoms with Crippen molar-refractivity contribution >= 4 is 23.5 Å². The summed E-state index contributed by atoms with van der Waals surface area (Å²) in [5.41, 5.74) is 1.31. The smallest absolute Gasteiger partial charge is 0.162 e. The average Bonchev–Trinajstić information content (AvgIpc) is 2.49. The number of thioether (sulfide) groups is 2. The highest BCUT2D eigenvalue weighted by Crippen LogP contribution is 2.42. The summed E-state index contributed by atoms with van der Waals surface area (Å²) < 4.78 is 11.8. The minimum atomic E-state index is 0.480. The first-order chi connectivity index (χ1) is 10.3. The molecule has 1 heterocycles. The largest absolute Gasteiger partial charge is 0.486 e. The second-order valence-corrected chi connectivity index (χ2v) is 7.77. The Bertz CT molecular complexity index is 498. The molecule has 5 heteroatoms. The molecule has 1 aliphatic heterocycles. The second-order valence-electron chi connectivity index (χ2n) is 5.65. The average molecular weight is 325 g/mol. The molecule has 2 aliphatic rings. The van der Waals surface area contributed by atoms with Crippen molar-refractivity contribution in [3.8, 4) is 11.5 Å². The van der Waals surface area contributed by atoms with E-state index < -0.39 is 0 Å². The Labute approximate surface area is 135 Å². The highest BCUT2D eigenvalue weighted by molar-refractivity contribution is 8.00. The van der Waals surface area contributed by atoms with Crippen LogP contribution in [0.1, 0.15) is 24.8 Å². The van der Waals surface area contributed by atoms with Crippen LogP contribution in [0.4, 0.5) is 0 Å². The summed E-state index contributed by atoms with van der Waals surface area (Å²) in [5.74, 6) is 1.77. The van der Waals surface area contributed by atoms with Crippen molar-refractivity contribution in [2.24, 2.45) is 0 Å². The number of fused-ring (bicyclic) bond motifs is 1. The van der Waals surface area contributed by atoms with Crippen molar-refractivity contribution in [3.05, 3.63) is 17.7 Å². The molecule has 0 unspecified atom stereocenters. The number of hydrogen-bond donors (Lipinski definition) is 1. The lowest BCUT2D eigenvalue weighted by Crippen LogP contribution is -2.43. The maximum atomic E-state index is 5.70. The van der Waals surface area contributed by atoms with E-state index in [0.29, 0.717) is 18.0 Å². The zero-order chi connectivity index (χ0) is 14.7. The van der Waals surface area contributed by atoms with Crippen molar-refractivity contribution in [1.82, 2.24) is 5.32 Å². The van der Waals surface area contributed by atoms with Crippen LogP contribution in [0, 0.1) is 0 Å². The van der Waals surface area contributed by atoms with Crippen LogP contribution in [0.5, 0.6) is 11.5 Å². The van der Waals surface area contributed by atoms with Gasteiger partial charge < -0.3 is 14.8 Å². The normalized spacial score (nSPS) is 19.1. The highest BCUT2D eigenvalue weighted by atomic mass is 32.2. The summed E-state index contributed by atoms with van der Waals surface area (Å²) in [7, 11) is 0. The molecule has 21 heavy (non-hydrogen) atoms. The zero-order valence-electron chi connectivity index (χ0n) is 12.7. The molecule has 0 bridgehead atoms. The van der Waals surface area contributed by atoms with Gasteiger partial charge in [-0.1, -0.05) is 6.42 Å². The molecule has 0 aromatic heterocycles. The van der Waals surface area contributed by atoms with Gasteiger partial charge in [0, 0.05) is 22.7 Å². The Morgan fingerprint density at radius 2 is 1.86 bits per heavy atom. The highest BCUT2D eigenvalue weighted by Gasteiger charge is 2.35. The molecule has 0 atom stereocenters. The van der Waals surface area contributed by atoms with Crippen LogP contribution in [0.2, 0.25) is 0 Å². The van der Waals surface area contributed by atoms with Crippen molar-refractivity contribution in [2.75, 3.05) is 32.3 Å². The lowest BCUT2D eigenvalue weighted by molar-refractivity contribution is 0.171. The van der Waals surface area contributed by atoms with Gasteiger partial charge in [0.05, 0.1) is 0 Å². The number of rotatable bonds is 6. The van der Waals surface area contributed by atoms with E-state index in [4.69, 9.17) is 9.47 Å². The fourth-order valence-electron chi connectivity index (χ4n) is 2.89. The van der Waals surface area contributed by atoms with Gasteiger partial charge in [-0.3, -0.25) is 0 Å². The van der Waals surface area contributed by atoms with Crippen molar-refractivity contribution in [1.29, 1.82) is 0 Å². The van der Waals surface area contributed by atoms with Gasteiger partial charge in [0.1, 0.15) is 13.2 Å². The Kier molecular flexibility index (Phi) is 4.92. The second kappa shape index (κ2) is 6.71. The first kappa shape index (κ1) is 15.4. The van der Waals surface area contributed by atoms with Gasteiger partial charge in [-0.15, -0.1) is 11.8 Å². The molecule has 0 saturated heterocycles. The van der Waals surface area contributed by atoms with Crippen molar-refractivity contribution in [3.63, 3.8) is 0 Å². The predicted octanol–water partition coefficient (Wildman–Crippen LogP) is 3.56. The van der Waals surface area contributed by atoms with Crippen LogP contribution >= 0.6 is 23.5 Å². The molecule has 116 valence electrons. The lowest BCUT2D eigenvalue weighted by Gasteiger charge is -2.40. The SMILES string of the molecule is CSc1cc2c(cc1CNCC1(SC)CCC1)OCCO2. The fourth-order valence-corrected chi connectivity index (χ4v) is 4.45. The Morgan fingerprint density at radius 1 is 1.14 bits per heavy atom. The third-order valence-corrected chi connectivity index (χ3v) is 6.64. The molecule has 0 spiro atoms. The number of nitrogens with one attached hydrogen (secondary N) is 1. The molecule has 1 saturated carbocycles. The van der Waals surface area contributed by atoms with Gasteiger partial charge >= 0.3 is 0 Å². The molecule has 3 rings (SSSR count). The third-order valence-electron chi connectivity index (χ3n) is 4.41. The zero-order valence-corrected chi connectivity index (χ0v) is 14.4. The predicted molar refractivity (Wildman–Crippen MR) is 91.0 cm³/mol. The minimum Gasteiger partial charge on any atom is -0.486 e. The summed E-state index contributed by atoms with van der Waals surface area (Å²) in [4.78, 5) is 1.28. The molecule has 1 N–H and O–H groups in total.